The van der Waals surface area contributed by atoms with Crippen molar-refractivity contribution in [3.8, 4) is 17.2 Å². The van der Waals surface area contributed by atoms with Gasteiger partial charge in [-0.2, -0.15) is 0 Å². The second kappa shape index (κ2) is 5.29. The standard InChI is InChI=1S/C11H12ClN3O4S/c1-7-11(20(12,16)17)13-14-15(7)9-6-8(18-2)4-5-10(9)19-3/h4-6H,1-3H3. The lowest BCUT2D eigenvalue weighted by Crippen LogP contribution is -2.03. The summed E-state index contributed by atoms with van der Waals surface area (Å²) in [6, 6.07) is 5.06. The van der Waals surface area contributed by atoms with Gasteiger partial charge in [0, 0.05) is 16.7 Å². The average molecular weight is 318 g/mol. The Labute approximate surface area is 120 Å². The Bertz CT molecular complexity index is 742. The summed E-state index contributed by atoms with van der Waals surface area (Å²) in [5, 5.41) is 7.11. The van der Waals surface area contributed by atoms with E-state index in [9.17, 15) is 8.42 Å². The quantitative estimate of drug-likeness (QED) is 0.795. The molecule has 2 aromatic rings. The third-order valence-electron chi connectivity index (χ3n) is 2.70. The van der Waals surface area contributed by atoms with E-state index in [4.69, 9.17) is 20.2 Å². The zero-order valence-corrected chi connectivity index (χ0v) is 12.6. The molecule has 1 aromatic heterocycles. The maximum absolute atomic E-state index is 11.4. The molecule has 20 heavy (non-hydrogen) atoms. The lowest BCUT2D eigenvalue weighted by Gasteiger charge is -2.11. The van der Waals surface area contributed by atoms with Crippen LogP contribution in [0.25, 0.3) is 5.69 Å². The number of ether oxygens (including phenoxy) is 2. The van der Waals surface area contributed by atoms with Crippen LogP contribution in [0.4, 0.5) is 0 Å². The molecule has 0 bridgehead atoms. The van der Waals surface area contributed by atoms with Crippen molar-refractivity contribution in [2.45, 2.75) is 11.9 Å². The lowest BCUT2D eigenvalue weighted by atomic mass is 10.2. The van der Waals surface area contributed by atoms with Crippen molar-refractivity contribution in [3.05, 3.63) is 23.9 Å². The summed E-state index contributed by atoms with van der Waals surface area (Å²) in [7, 11) is 4.37. The highest BCUT2D eigenvalue weighted by Crippen LogP contribution is 2.29. The number of hydrogen-bond acceptors (Lipinski definition) is 6. The van der Waals surface area contributed by atoms with Crippen LogP contribution in [-0.2, 0) is 9.05 Å². The molecule has 0 radical (unpaired) electrons. The van der Waals surface area contributed by atoms with Crippen LogP contribution in [-0.4, -0.2) is 37.6 Å². The Kier molecular flexibility index (Phi) is 3.87. The van der Waals surface area contributed by atoms with Crippen LogP contribution in [0.15, 0.2) is 23.2 Å². The highest BCUT2D eigenvalue weighted by Gasteiger charge is 2.22. The van der Waals surface area contributed by atoms with Gasteiger partial charge in [-0.15, -0.1) is 5.10 Å². The van der Waals surface area contributed by atoms with Crippen molar-refractivity contribution in [1.29, 1.82) is 0 Å². The van der Waals surface area contributed by atoms with E-state index in [1.54, 1.807) is 25.1 Å². The molecular formula is C11H12ClN3O4S. The summed E-state index contributed by atoms with van der Waals surface area (Å²) < 4.78 is 34.4. The minimum Gasteiger partial charge on any atom is -0.497 e. The van der Waals surface area contributed by atoms with Crippen LogP contribution < -0.4 is 9.47 Å². The van der Waals surface area contributed by atoms with Crippen LogP contribution in [0.2, 0.25) is 0 Å². The third kappa shape index (κ3) is 2.56. The first-order chi connectivity index (χ1) is 9.38. The van der Waals surface area contributed by atoms with Gasteiger partial charge in [0.05, 0.1) is 19.9 Å². The zero-order chi connectivity index (χ0) is 14.9. The van der Waals surface area contributed by atoms with Crippen molar-refractivity contribution < 1.29 is 17.9 Å². The van der Waals surface area contributed by atoms with Gasteiger partial charge in [-0.05, 0) is 19.1 Å². The van der Waals surface area contributed by atoms with Gasteiger partial charge in [0.25, 0.3) is 9.05 Å². The van der Waals surface area contributed by atoms with Crippen molar-refractivity contribution >= 4 is 19.7 Å². The third-order valence-corrected chi connectivity index (χ3v) is 3.97. The molecule has 0 unspecified atom stereocenters. The van der Waals surface area contributed by atoms with E-state index in [1.807, 2.05) is 0 Å². The van der Waals surface area contributed by atoms with Crippen LogP contribution in [0.1, 0.15) is 5.69 Å². The molecule has 0 N–H and O–H groups in total. The minimum absolute atomic E-state index is 0.284. The predicted molar refractivity (Wildman–Crippen MR) is 72.2 cm³/mol. The van der Waals surface area contributed by atoms with Gasteiger partial charge < -0.3 is 9.47 Å². The molecule has 0 atom stereocenters. The fourth-order valence-corrected chi connectivity index (χ4v) is 2.73. The smallest absolute Gasteiger partial charge is 0.282 e. The van der Waals surface area contributed by atoms with E-state index >= 15 is 0 Å². The number of rotatable bonds is 4. The molecule has 0 fully saturated rings. The van der Waals surface area contributed by atoms with Crippen molar-refractivity contribution in [2.75, 3.05) is 14.2 Å². The average Bonchev–Trinajstić information content (AvgIpc) is 2.79. The Morgan fingerprint density at radius 3 is 2.45 bits per heavy atom. The maximum Gasteiger partial charge on any atom is 0.282 e. The van der Waals surface area contributed by atoms with Gasteiger partial charge >= 0.3 is 0 Å². The van der Waals surface area contributed by atoms with Crippen LogP contribution in [0.3, 0.4) is 0 Å². The molecule has 108 valence electrons. The summed E-state index contributed by atoms with van der Waals surface area (Å²) in [5.41, 5.74) is 0.787. The molecule has 2 rings (SSSR count). The molecule has 0 spiro atoms. The molecule has 1 aromatic carbocycles. The van der Waals surface area contributed by atoms with E-state index in [1.165, 1.54) is 18.9 Å². The summed E-state index contributed by atoms with van der Waals surface area (Å²) in [5.74, 6) is 1.07. The van der Waals surface area contributed by atoms with E-state index in [0.29, 0.717) is 17.2 Å². The van der Waals surface area contributed by atoms with Gasteiger partial charge in [-0.25, -0.2) is 13.1 Å². The number of benzene rings is 1. The summed E-state index contributed by atoms with van der Waals surface area (Å²) >= 11 is 0. The van der Waals surface area contributed by atoms with Gasteiger partial charge in [0.1, 0.15) is 17.2 Å². The van der Waals surface area contributed by atoms with Crippen LogP contribution >= 0.6 is 10.7 Å². The van der Waals surface area contributed by atoms with Crippen LogP contribution in [0.5, 0.6) is 11.5 Å². The molecule has 9 heteroatoms. The number of aromatic nitrogens is 3. The van der Waals surface area contributed by atoms with E-state index in [0.717, 1.165) is 0 Å². The lowest BCUT2D eigenvalue weighted by molar-refractivity contribution is 0.400. The molecule has 0 amide bonds. The van der Waals surface area contributed by atoms with Crippen molar-refractivity contribution in [3.63, 3.8) is 0 Å². The Morgan fingerprint density at radius 1 is 1.25 bits per heavy atom. The second-order valence-corrected chi connectivity index (χ2v) is 6.35. The fraction of sp³-hybridized carbons (Fsp3) is 0.273. The topological polar surface area (TPSA) is 83.3 Å². The molecule has 0 saturated heterocycles. The molecule has 1 heterocycles. The second-order valence-electron chi connectivity index (χ2n) is 3.87. The van der Waals surface area contributed by atoms with Crippen LogP contribution in [0, 0.1) is 6.92 Å². The van der Waals surface area contributed by atoms with E-state index in [-0.39, 0.29) is 10.7 Å². The van der Waals surface area contributed by atoms with Gasteiger partial charge in [0.15, 0.2) is 0 Å². The summed E-state index contributed by atoms with van der Waals surface area (Å²) in [4.78, 5) is 0. The normalized spacial score (nSPS) is 11.4. The maximum atomic E-state index is 11.4. The molecule has 0 saturated carbocycles. The van der Waals surface area contributed by atoms with Crippen molar-refractivity contribution in [2.24, 2.45) is 0 Å². The zero-order valence-electron chi connectivity index (χ0n) is 11.0. The molecular weight excluding hydrogens is 306 g/mol. The Hall–Kier alpha value is -1.80. The summed E-state index contributed by atoms with van der Waals surface area (Å²) in [6.45, 7) is 1.55. The van der Waals surface area contributed by atoms with Gasteiger partial charge in [0.2, 0.25) is 5.03 Å². The summed E-state index contributed by atoms with van der Waals surface area (Å²) in [6.07, 6.45) is 0. The Balaban J connectivity index is 2.65. The number of halogens is 1. The molecule has 0 aliphatic rings. The highest BCUT2D eigenvalue weighted by molar-refractivity contribution is 8.13. The van der Waals surface area contributed by atoms with Gasteiger partial charge in [-0.1, -0.05) is 5.21 Å². The monoisotopic (exact) mass is 317 g/mol. The predicted octanol–water partition coefficient (Wildman–Crippen LogP) is 1.52. The SMILES string of the molecule is COc1ccc(OC)c(-n2nnc(S(=O)(=O)Cl)c2C)c1. The first kappa shape index (κ1) is 14.6. The van der Waals surface area contributed by atoms with Crippen molar-refractivity contribution in [1.82, 2.24) is 15.0 Å². The molecule has 0 aliphatic carbocycles. The number of methoxy groups -OCH3 is 2. The first-order valence-electron chi connectivity index (χ1n) is 5.48. The molecule has 0 aliphatic heterocycles. The van der Waals surface area contributed by atoms with Gasteiger partial charge in [-0.3, -0.25) is 0 Å². The minimum atomic E-state index is -3.95. The highest BCUT2D eigenvalue weighted by atomic mass is 35.7. The fourth-order valence-electron chi connectivity index (χ4n) is 1.73. The van der Waals surface area contributed by atoms with E-state index < -0.39 is 9.05 Å². The largest absolute Gasteiger partial charge is 0.497 e. The first-order valence-corrected chi connectivity index (χ1v) is 7.78. The van der Waals surface area contributed by atoms with E-state index in [2.05, 4.69) is 10.3 Å². The molecule has 7 nitrogen and oxygen atoms in total. The Morgan fingerprint density at radius 2 is 1.95 bits per heavy atom. The number of nitrogens with zero attached hydrogens (tertiary/aromatic N) is 3. The number of hydrogen-bond donors (Lipinski definition) is 0.